The zero-order chi connectivity index (χ0) is 19.9. The van der Waals surface area contributed by atoms with Gasteiger partial charge >= 0.3 is 0 Å². The molecule has 0 saturated carbocycles. The Labute approximate surface area is 165 Å². The highest BCUT2D eigenvalue weighted by Crippen LogP contribution is 2.18. The van der Waals surface area contributed by atoms with E-state index in [4.69, 9.17) is 0 Å². The number of amides is 1. The van der Waals surface area contributed by atoms with E-state index >= 15 is 0 Å². The van der Waals surface area contributed by atoms with Gasteiger partial charge in [-0.25, -0.2) is 9.97 Å². The van der Waals surface area contributed by atoms with Gasteiger partial charge in [-0.2, -0.15) is 0 Å². The van der Waals surface area contributed by atoms with E-state index in [9.17, 15) is 4.79 Å². The van der Waals surface area contributed by atoms with Crippen LogP contribution in [0.15, 0.2) is 60.9 Å². The fourth-order valence-electron chi connectivity index (χ4n) is 2.92. The Balaban J connectivity index is 1.63. The molecule has 3 aromatic rings. The number of hydrogen-bond donors (Lipinski definition) is 2. The van der Waals surface area contributed by atoms with Crippen LogP contribution in [0.5, 0.6) is 0 Å². The average molecular weight is 375 g/mol. The van der Waals surface area contributed by atoms with Crippen LogP contribution in [0.25, 0.3) is 0 Å². The van der Waals surface area contributed by atoms with E-state index in [-0.39, 0.29) is 11.6 Å². The number of rotatable bonds is 7. The molecule has 0 bridgehead atoms. The van der Waals surface area contributed by atoms with Gasteiger partial charge in [0.1, 0.15) is 11.5 Å². The van der Waals surface area contributed by atoms with E-state index in [2.05, 4.69) is 39.3 Å². The summed E-state index contributed by atoms with van der Waals surface area (Å²) in [6.07, 6.45) is 3.03. The Morgan fingerprint density at radius 1 is 0.964 bits per heavy atom. The zero-order valence-electron chi connectivity index (χ0n) is 16.4. The van der Waals surface area contributed by atoms with Crippen molar-refractivity contribution in [1.29, 1.82) is 0 Å². The van der Waals surface area contributed by atoms with Gasteiger partial charge in [0.2, 0.25) is 0 Å². The minimum Gasteiger partial charge on any atom is -0.372 e. The fourth-order valence-corrected chi connectivity index (χ4v) is 2.92. The molecule has 144 valence electrons. The molecule has 0 aliphatic rings. The second-order valence-electron chi connectivity index (χ2n) is 6.45. The summed E-state index contributed by atoms with van der Waals surface area (Å²) in [5, 5.41) is 6.04. The average Bonchev–Trinajstić information content (AvgIpc) is 2.71. The van der Waals surface area contributed by atoms with Crippen molar-refractivity contribution in [1.82, 2.24) is 9.97 Å². The Morgan fingerprint density at radius 2 is 1.71 bits per heavy atom. The lowest BCUT2D eigenvalue weighted by Crippen LogP contribution is -2.21. The summed E-state index contributed by atoms with van der Waals surface area (Å²) in [7, 11) is 0. The molecular weight excluding hydrogens is 350 g/mol. The number of anilines is 4. The highest BCUT2D eigenvalue weighted by Gasteiger charge is 2.09. The molecule has 6 nitrogen and oxygen atoms in total. The summed E-state index contributed by atoms with van der Waals surface area (Å²) >= 11 is 0. The first-order chi connectivity index (χ1) is 13.6. The maximum atomic E-state index is 12.4. The van der Waals surface area contributed by atoms with Crippen LogP contribution in [0.1, 0.15) is 29.9 Å². The van der Waals surface area contributed by atoms with E-state index in [1.54, 1.807) is 6.20 Å². The molecule has 0 atom stereocenters. The Morgan fingerprint density at radius 3 is 2.32 bits per heavy atom. The van der Waals surface area contributed by atoms with Gasteiger partial charge in [0, 0.05) is 30.2 Å². The lowest BCUT2D eigenvalue weighted by molar-refractivity contribution is 0.102. The molecule has 0 fully saturated rings. The van der Waals surface area contributed by atoms with Gasteiger partial charge in [0.15, 0.2) is 0 Å². The largest absolute Gasteiger partial charge is 0.372 e. The predicted octanol–water partition coefficient (Wildman–Crippen LogP) is 4.63. The Kier molecular flexibility index (Phi) is 6.22. The highest BCUT2D eigenvalue weighted by molar-refractivity contribution is 6.02. The molecule has 0 radical (unpaired) electrons. The van der Waals surface area contributed by atoms with Crippen molar-refractivity contribution in [2.24, 2.45) is 0 Å². The normalized spacial score (nSPS) is 10.4. The third-order valence-electron chi connectivity index (χ3n) is 4.43. The van der Waals surface area contributed by atoms with Crippen molar-refractivity contribution >= 4 is 28.8 Å². The van der Waals surface area contributed by atoms with Crippen LogP contribution in [-0.2, 0) is 0 Å². The molecule has 6 heteroatoms. The summed E-state index contributed by atoms with van der Waals surface area (Å²) in [5.74, 6) is 0.302. The van der Waals surface area contributed by atoms with Crippen LogP contribution < -0.4 is 15.5 Å². The number of benzene rings is 2. The molecule has 28 heavy (non-hydrogen) atoms. The molecule has 0 unspecified atom stereocenters. The van der Waals surface area contributed by atoms with Crippen molar-refractivity contribution in [3.05, 3.63) is 72.2 Å². The zero-order valence-corrected chi connectivity index (χ0v) is 16.4. The third kappa shape index (κ3) is 4.85. The summed E-state index contributed by atoms with van der Waals surface area (Å²) in [5.41, 5.74) is 4.21. The fraction of sp³-hybridized carbons (Fsp3) is 0.227. The van der Waals surface area contributed by atoms with E-state index in [1.165, 1.54) is 6.20 Å². The first kappa shape index (κ1) is 19.4. The number of hydrogen-bond acceptors (Lipinski definition) is 5. The number of nitrogens with zero attached hydrogens (tertiary/aromatic N) is 3. The molecule has 0 aliphatic carbocycles. The number of aromatic nitrogens is 2. The van der Waals surface area contributed by atoms with Gasteiger partial charge in [0.25, 0.3) is 5.91 Å². The van der Waals surface area contributed by atoms with Crippen molar-refractivity contribution in [3.8, 4) is 0 Å². The van der Waals surface area contributed by atoms with E-state index in [1.807, 2.05) is 55.5 Å². The molecule has 0 aliphatic heterocycles. The van der Waals surface area contributed by atoms with Crippen molar-refractivity contribution in [2.45, 2.75) is 20.8 Å². The lowest BCUT2D eigenvalue weighted by Gasteiger charge is -2.21. The molecule has 2 N–H and O–H groups in total. The van der Waals surface area contributed by atoms with Crippen LogP contribution in [0.4, 0.5) is 22.9 Å². The molecule has 1 amide bonds. The first-order valence-electron chi connectivity index (χ1n) is 9.41. The van der Waals surface area contributed by atoms with Crippen LogP contribution in [0, 0.1) is 6.92 Å². The van der Waals surface area contributed by atoms with Crippen LogP contribution in [0.2, 0.25) is 0 Å². The maximum Gasteiger partial charge on any atom is 0.275 e. The molecule has 1 heterocycles. The van der Waals surface area contributed by atoms with E-state index in [0.717, 1.165) is 35.7 Å². The van der Waals surface area contributed by atoms with Gasteiger partial charge in [-0.3, -0.25) is 4.79 Å². The van der Waals surface area contributed by atoms with Crippen LogP contribution >= 0.6 is 0 Å². The molecule has 3 rings (SSSR count). The monoisotopic (exact) mass is 375 g/mol. The highest BCUT2D eigenvalue weighted by atomic mass is 16.1. The van der Waals surface area contributed by atoms with Gasteiger partial charge in [-0.05, 0) is 62.7 Å². The van der Waals surface area contributed by atoms with E-state index in [0.29, 0.717) is 5.82 Å². The summed E-state index contributed by atoms with van der Waals surface area (Å²) in [4.78, 5) is 23.2. The van der Waals surface area contributed by atoms with Gasteiger partial charge < -0.3 is 15.5 Å². The van der Waals surface area contributed by atoms with Gasteiger partial charge in [0.05, 0.1) is 12.4 Å². The first-order valence-corrected chi connectivity index (χ1v) is 9.41. The second kappa shape index (κ2) is 8.99. The molecule has 2 aromatic carbocycles. The summed E-state index contributed by atoms with van der Waals surface area (Å²) in [6.45, 7) is 8.16. The van der Waals surface area contributed by atoms with E-state index < -0.39 is 0 Å². The lowest BCUT2D eigenvalue weighted by atomic mass is 10.2. The maximum absolute atomic E-state index is 12.4. The predicted molar refractivity (Wildman–Crippen MR) is 114 cm³/mol. The van der Waals surface area contributed by atoms with Crippen molar-refractivity contribution in [2.75, 3.05) is 28.6 Å². The number of aryl methyl sites for hydroxylation is 1. The van der Waals surface area contributed by atoms with Crippen LogP contribution in [0.3, 0.4) is 0 Å². The van der Waals surface area contributed by atoms with Gasteiger partial charge in [-0.1, -0.05) is 12.1 Å². The van der Waals surface area contributed by atoms with Gasteiger partial charge in [-0.15, -0.1) is 0 Å². The Hall–Kier alpha value is -3.41. The Bertz CT molecular complexity index is 918. The minimum absolute atomic E-state index is 0.266. The smallest absolute Gasteiger partial charge is 0.275 e. The molecule has 0 spiro atoms. The van der Waals surface area contributed by atoms with Crippen molar-refractivity contribution in [3.63, 3.8) is 0 Å². The molecule has 1 aromatic heterocycles. The van der Waals surface area contributed by atoms with Crippen molar-refractivity contribution < 1.29 is 4.79 Å². The second-order valence-corrected chi connectivity index (χ2v) is 6.45. The topological polar surface area (TPSA) is 70.2 Å². The number of carbonyl (C=O) groups is 1. The summed E-state index contributed by atoms with van der Waals surface area (Å²) in [6, 6.07) is 15.8. The number of nitrogens with one attached hydrogen (secondary N) is 2. The molecule has 0 saturated heterocycles. The SMILES string of the molecule is CCN(CC)c1ccc(NC(=O)c2cnc(Nc3cccc(C)c3)cn2)cc1. The summed E-state index contributed by atoms with van der Waals surface area (Å²) < 4.78 is 0. The number of carbonyl (C=O) groups excluding carboxylic acids is 1. The third-order valence-corrected chi connectivity index (χ3v) is 4.43. The standard InChI is InChI=1S/C22H25N5O/c1-4-27(5-2)19-11-9-17(10-12-19)26-22(28)20-14-24-21(15-23-20)25-18-8-6-7-16(3)13-18/h6-15H,4-5H2,1-3H3,(H,24,25)(H,26,28). The molecular formula is C22H25N5O. The van der Waals surface area contributed by atoms with Crippen LogP contribution in [-0.4, -0.2) is 29.0 Å². The quantitative estimate of drug-likeness (QED) is 0.630. The minimum atomic E-state index is -0.287.